The molecule has 0 aromatic carbocycles. The van der Waals surface area contributed by atoms with Gasteiger partial charge in [-0.3, -0.25) is 0 Å². The average molecular weight is 180 g/mol. The summed E-state index contributed by atoms with van der Waals surface area (Å²) in [5, 5.41) is 0. The van der Waals surface area contributed by atoms with Crippen LogP contribution in [0.1, 0.15) is 6.92 Å². The first-order valence-corrected chi connectivity index (χ1v) is 3.04. The molecule has 0 aliphatic heterocycles. The molecule has 0 saturated heterocycles. The molecule has 0 heterocycles. The lowest BCUT2D eigenvalue weighted by Gasteiger charge is -2.05. The van der Waals surface area contributed by atoms with Crippen molar-refractivity contribution in [3.05, 3.63) is 36.2 Å². The summed E-state index contributed by atoms with van der Waals surface area (Å²) in [5.41, 5.74) is -1.27. The monoisotopic (exact) mass is 180 g/mol. The van der Waals surface area contributed by atoms with Crippen molar-refractivity contribution in [2.24, 2.45) is 0 Å². The first-order valence-electron chi connectivity index (χ1n) is 3.04. The number of halogens is 4. The third-order valence-corrected chi connectivity index (χ3v) is 1.07. The molecule has 0 radical (unpaired) electrons. The van der Waals surface area contributed by atoms with Gasteiger partial charge in [0.1, 0.15) is 5.83 Å². The zero-order valence-corrected chi connectivity index (χ0v) is 6.50. The summed E-state index contributed by atoms with van der Waals surface area (Å²) in [4.78, 5) is 0. The summed E-state index contributed by atoms with van der Waals surface area (Å²) in [7, 11) is 0. The quantitative estimate of drug-likeness (QED) is 0.450. The molecule has 0 fully saturated rings. The Labute approximate surface area is 67.9 Å². The third-order valence-electron chi connectivity index (χ3n) is 1.07. The van der Waals surface area contributed by atoms with Crippen LogP contribution in [-0.2, 0) is 0 Å². The van der Waals surface area contributed by atoms with E-state index in [4.69, 9.17) is 0 Å². The summed E-state index contributed by atoms with van der Waals surface area (Å²) in [6, 6.07) is 0. The molecule has 0 rings (SSSR count). The van der Waals surface area contributed by atoms with Crippen LogP contribution < -0.4 is 0 Å². The lowest BCUT2D eigenvalue weighted by atomic mass is 10.2. The second-order valence-corrected chi connectivity index (χ2v) is 2.30. The van der Waals surface area contributed by atoms with Crippen LogP contribution in [0.5, 0.6) is 0 Å². The first kappa shape index (κ1) is 10.9. The average Bonchev–Trinajstić information content (AvgIpc) is 1.85. The molecule has 0 aromatic heterocycles. The van der Waals surface area contributed by atoms with Crippen molar-refractivity contribution in [1.29, 1.82) is 0 Å². The van der Waals surface area contributed by atoms with E-state index in [0.717, 1.165) is 0 Å². The largest absolute Gasteiger partial charge is 0.415 e. The lowest BCUT2D eigenvalue weighted by Crippen LogP contribution is -2.08. The molecule has 0 nitrogen and oxygen atoms in total. The highest BCUT2D eigenvalue weighted by atomic mass is 19.4. The number of rotatable bonds is 2. The van der Waals surface area contributed by atoms with Gasteiger partial charge in [-0.15, -0.1) is 0 Å². The molecule has 0 spiro atoms. The molecule has 4 heteroatoms. The summed E-state index contributed by atoms with van der Waals surface area (Å²) in [5.74, 6) is -1.00. The smallest absolute Gasteiger partial charge is 0.207 e. The van der Waals surface area contributed by atoms with Crippen molar-refractivity contribution in [3.8, 4) is 0 Å². The second-order valence-electron chi connectivity index (χ2n) is 2.30. The van der Waals surface area contributed by atoms with Gasteiger partial charge in [0, 0.05) is 0 Å². The van der Waals surface area contributed by atoms with Crippen molar-refractivity contribution >= 4 is 0 Å². The first-order chi connectivity index (χ1) is 5.25. The van der Waals surface area contributed by atoms with Crippen molar-refractivity contribution < 1.29 is 17.6 Å². The minimum absolute atomic E-state index is 0.0552. The number of hydrogen-bond acceptors (Lipinski definition) is 0. The molecule has 0 atom stereocenters. The van der Waals surface area contributed by atoms with Crippen molar-refractivity contribution in [2.75, 3.05) is 0 Å². The minimum Gasteiger partial charge on any atom is -0.207 e. The molecule has 0 aliphatic carbocycles. The van der Waals surface area contributed by atoms with Crippen LogP contribution >= 0.6 is 0 Å². The van der Waals surface area contributed by atoms with E-state index in [1.165, 1.54) is 6.92 Å². The van der Waals surface area contributed by atoms with Crippen LogP contribution in [0.4, 0.5) is 17.6 Å². The molecular formula is C8H8F4. The fourth-order valence-corrected chi connectivity index (χ4v) is 0.358. The highest BCUT2D eigenvalue weighted by Gasteiger charge is 2.30. The summed E-state index contributed by atoms with van der Waals surface area (Å²) in [6.07, 6.45) is -4.25. The highest BCUT2D eigenvalue weighted by molar-refractivity contribution is 5.30. The number of allylic oxidation sites excluding steroid dienone is 4. The maximum Gasteiger partial charge on any atom is 0.415 e. The van der Waals surface area contributed by atoms with Crippen LogP contribution in [-0.4, -0.2) is 6.18 Å². The van der Waals surface area contributed by atoms with Gasteiger partial charge in [-0.2, -0.15) is 13.2 Å². The van der Waals surface area contributed by atoms with Gasteiger partial charge in [-0.25, -0.2) is 4.39 Å². The van der Waals surface area contributed by atoms with Crippen LogP contribution in [0.25, 0.3) is 0 Å². The molecule has 0 saturated carbocycles. The predicted octanol–water partition coefficient (Wildman–Crippen LogP) is 3.53. The molecule has 0 unspecified atom stereocenters. The van der Waals surface area contributed by atoms with Gasteiger partial charge in [0.15, 0.2) is 0 Å². The Balaban J connectivity index is 4.57. The van der Waals surface area contributed by atoms with E-state index in [2.05, 4.69) is 13.2 Å². The fraction of sp³-hybridized carbons (Fsp3) is 0.250. The van der Waals surface area contributed by atoms with Gasteiger partial charge < -0.3 is 0 Å². The standard InChI is InChI=1S/C8H8F4/c1-5(2)7(9)4-6(3)8(10,11)12/h4H,1,3H2,2H3/b7-4+. The second kappa shape index (κ2) is 3.56. The van der Waals surface area contributed by atoms with Crippen LogP contribution in [0, 0.1) is 0 Å². The third kappa shape index (κ3) is 3.37. The zero-order valence-electron chi connectivity index (χ0n) is 6.50. The Bertz CT molecular complexity index is 232. The number of alkyl halides is 3. The van der Waals surface area contributed by atoms with Gasteiger partial charge >= 0.3 is 6.18 Å². The number of hydrogen-bond donors (Lipinski definition) is 0. The summed E-state index contributed by atoms with van der Waals surface area (Å²) < 4.78 is 47.7. The van der Waals surface area contributed by atoms with E-state index < -0.39 is 17.6 Å². The van der Waals surface area contributed by atoms with Crippen LogP contribution in [0.3, 0.4) is 0 Å². The van der Waals surface area contributed by atoms with E-state index in [1.54, 1.807) is 0 Å². The Kier molecular flexibility index (Phi) is 3.24. The van der Waals surface area contributed by atoms with E-state index in [9.17, 15) is 17.6 Å². The molecule has 0 aromatic rings. The maximum absolute atomic E-state index is 12.5. The molecule has 0 bridgehead atoms. The van der Waals surface area contributed by atoms with Gasteiger partial charge in [-0.05, 0) is 18.6 Å². The van der Waals surface area contributed by atoms with Crippen molar-refractivity contribution in [2.45, 2.75) is 13.1 Å². The van der Waals surface area contributed by atoms with E-state index in [0.29, 0.717) is 6.08 Å². The molecule has 0 amide bonds. The minimum atomic E-state index is -4.58. The highest BCUT2D eigenvalue weighted by Crippen LogP contribution is 2.26. The van der Waals surface area contributed by atoms with Crippen LogP contribution in [0.2, 0.25) is 0 Å². The van der Waals surface area contributed by atoms with Crippen LogP contribution in [0.15, 0.2) is 36.2 Å². The normalized spacial score (nSPS) is 12.9. The Hall–Kier alpha value is -1.06. The molecule has 12 heavy (non-hydrogen) atoms. The van der Waals surface area contributed by atoms with Gasteiger partial charge in [0.05, 0.1) is 5.57 Å². The summed E-state index contributed by atoms with van der Waals surface area (Å²) >= 11 is 0. The molecule has 68 valence electrons. The zero-order chi connectivity index (χ0) is 9.94. The SMILES string of the molecule is C=C(C)/C(F)=C\C(=C)C(F)(F)F. The topological polar surface area (TPSA) is 0 Å². The van der Waals surface area contributed by atoms with E-state index >= 15 is 0 Å². The molecule has 0 N–H and O–H groups in total. The van der Waals surface area contributed by atoms with Gasteiger partial charge in [0.2, 0.25) is 0 Å². The van der Waals surface area contributed by atoms with Crippen molar-refractivity contribution in [3.63, 3.8) is 0 Å². The van der Waals surface area contributed by atoms with Gasteiger partial charge in [-0.1, -0.05) is 13.2 Å². The lowest BCUT2D eigenvalue weighted by molar-refractivity contribution is -0.0879. The maximum atomic E-state index is 12.5. The summed E-state index contributed by atoms with van der Waals surface area (Å²) in [6.45, 7) is 7.08. The predicted molar refractivity (Wildman–Crippen MR) is 39.2 cm³/mol. The van der Waals surface area contributed by atoms with Crippen molar-refractivity contribution in [1.82, 2.24) is 0 Å². The molecular weight excluding hydrogens is 172 g/mol. The Morgan fingerprint density at radius 3 is 1.92 bits per heavy atom. The molecule has 0 aliphatic rings. The van der Waals surface area contributed by atoms with E-state index in [-0.39, 0.29) is 5.57 Å². The Morgan fingerprint density at radius 2 is 1.67 bits per heavy atom. The Morgan fingerprint density at radius 1 is 1.25 bits per heavy atom. The van der Waals surface area contributed by atoms with Gasteiger partial charge in [0.25, 0.3) is 0 Å². The van der Waals surface area contributed by atoms with E-state index in [1.807, 2.05) is 0 Å². The fourth-order valence-electron chi connectivity index (χ4n) is 0.358.